The fourth-order valence-electron chi connectivity index (χ4n) is 7.53. The van der Waals surface area contributed by atoms with Crippen molar-refractivity contribution in [3.63, 3.8) is 0 Å². The van der Waals surface area contributed by atoms with Gasteiger partial charge >= 0.3 is 0 Å². The van der Waals surface area contributed by atoms with Crippen molar-refractivity contribution in [1.29, 1.82) is 0 Å². The molecule has 0 N–H and O–H groups in total. The van der Waals surface area contributed by atoms with Crippen LogP contribution in [0.25, 0.3) is 10.9 Å². The topological polar surface area (TPSA) is 92.3 Å². The number of anilines is 1. The zero-order valence-corrected chi connectivity index (χ0v) is 30.6. The number of sulfone groups is 1. The number of likely N-dealkylation sites (N-methyl/N-ethyl adjacent to an activating group) is 1. The van der Waals surface area contributed by atoms with Gasteiger partial charge in [-0.3, -0.25) is 9.88 Å². The number of hydrogen-bond acceptors (Lipinski definition) is 9. The second-order valence-electron chi connectivity index (χ2n) is 14.6. The summed E-state index contributed by atoms with van der Waals surface area (Å²) in [6.45, 7) is 13.6. The molecule has 4 heterocycles. The average molecular weight is 700 g/mol. The normalized spacial score (nSPS) is 21.0. The molecule has 0 spiro atoms. The summed E-state index contributed by atoms with van der Waals surface area (Å²) in [7, 11) is -1.96. The van der Waals surface area contributed by atoms with Crippen molar-refractivity contribution < 1.29 is 22.1 Å². The number of piperidine rings is 2. The zero-order valence-electron chi connectivity index (χ0n) is 29.0. The predicted molar refractivity (Wildman–Crippen MR) is 190 cm³/mol. The summed E-state index contributed by atoms with van der Waals surface area (Å²) in [6, 6.07) is 10.3. The summed E-state index contributed by atoms with van der Waals surface area (Å²) in [5.41, 5.74) is 0.535. The Hall–Kier alpha value is -2.48. The van der Waals surface area contributed by atoms with Gasteiger partial charge in [-0.15, -0.1) is 0 Å². The Morgan fingerprint density at radius 1 is 0.896 bits per heavy atom. The third kappa shape index (κ3) is 7.79. The van der Waals surface area contributed by atoms with Crippen molar-refractivity contribution in [1.82, 2.24) is 19.7 Å². The molecular formula is C36H50FN5O4S2. The molecular weight excluding hydrogens is 650 g/mol. The molecule has 9 nitrogen and oxygen atoms in total. The summed E-state index contributed by atoms with van der Waals surface area (Å²) < 4.78 is 62.0. The zero-order chi connectivity index (χ0) is 34.2. The fraction of sp³-hybridized carbons (Fsp3) is 0.583. The van der Waals surface area contributed by atoms with E-state index in [9.17, 15) is 13.0 Å². The van der Waals surface area contributed by atoms with Crippen LogP contribution in [-0.2, 0) is 21.0 Å². The third-order valence-electron chi connectivity index (χ3n) is 10.1. The Kier molecular flexibility index (Phi) is 10.6. The van der Waals surface area contributed by atoms with Crippen molar-refractivity contribution in [3.05, 3.63) is 48.4 Å². The number of nitrogens with zero attached hydrogens (tertiary/aromatic N) is 5. The van der Waals surface area contributed by atoms with Gasteiger partial charge in [0.25, 0.3) is 0 Å². The van der Waals surface area contributed by atoms with Gasteiger partial charge in [-0.1, -0.05) is 0 Å². The van der Waals surface area contributed by atoms with Crippen LogP contribution in [0, 0.1) is 5.82 Å². The van der Waals surface area contributed by atoms with Gasteiger partial charge in [-0.2, -0.15) is 0 Å². The molecule has 12 heteroatoms. The first-order valence-electron chi connectivity index (χ1n) is 17.2. The standard InChI is InChI=1S/C36H50FN5O4S2/c1-36(2,3)46-33-10-8-29(24-31(33)37)48(44,45)34-25-38-32-9-7-28(47(5)43)23-30(32)35(34)42-19-13-27(14-20-42)41-17-11-26(12-18-41)40-16-6-15-39(4)21-22-40/h7-10,23-27H,6,11-22H2,1-5H3. The highest BCUT2D eigenvalue weighted by atomic mass is 32.2. The van der Waals surface area contributed by atoms with E-state index in [0.29, 0.717) is 46.7 Å². The van der Waals surface area contributed by atoms with Crippen molar-refractivity contribution in [2.45, 2.75) is 85.2 Å². The largest absolute Gasteiger partial charge is 0.612 e. The number of hydrogen-bond donors (Lipinski definition) is 0. The van der Waals surface area contributed by atoms with Crippen LogP contribution in [0.5, 0.6) is 5.75 Å². The highest BCUT2D eigenvalue weighted by molar-refractivity contribution is 7.91. The first-order chi connectivity index (χ1) is 22.8. The molecule has 0 aliphatic carbocycles. The van der Waals surface area contributed by atoms with Gasteiger partial charge in [0.05, 0.1) is 16.1 Å². The molecule has 0 radical (unpaired) electrons. The van der Waals surface area contributed by atoms with Crippen LogP contribution in [0.1, 0.15) is 52.9 Å². The molecule has 48 heavy (non-hydrogen) atoms. The van der Waals surface area contributed by atoms with Crippen molar-refractivity contribution in [2.24, 2.45) is 0 Å². The van der Waals surface area contributed by atoms with E-state index in [0.717, 1.165) is 45.1 Å². The maximum Gasteiger partial charge on any atom is 0.210 e. The summed E-state index contributed by atoms with van der Waals surface area (Å²) in [5, 5.41) is 0.638. The SMILES string of the molecule is CN1CCCN(C2CCN(C3CCN(c4c(S(=O)(=O)c5ccc(OC(C)(C)C)c(F)c5)cnc5ccc([S+](C)[O-])cc45)CC3)CC2)CC1. The minimum atomic E-state index is -4.18. The Labute approximate surface area is 288 Å². The molecule has 0 bridgehead atoms. The lowest BCUT2D eigenvalue weighted by Crippen LogP contribution is -2.51. The minimum absolute atomic E-state index is 0.00138. The Balaban J connectivity index is 1.24. The predicted octanol–water partition coefficient (Wildman–Crippen LogP) is 5.19. The molecule has 6 rings (SSSR count). The number of benzene rings is 2. The molecule has 2 aromatic carbocycles. The number of halogens is 1. The highest BCUT2D eigenvalue weighted by Gasteiger charge is 2.34. The Morgan fingerprint density at radius 3 is 2.21 bits per heavy atom. The van der Waals surface area contributed by atoms with Crippen LogP contribution < -0.4 is 9.64 Å². The van der Waals surface area contributed by atoms with Crippen LogP contribution in [0.2, 0.25) is 0 Å². The van der Waals surface area contributed by atoms with E-state index in [2.05, 4.69) is 31.6 Å². The monoisotopic (exact) mass is 699 g/mol. The molecule has 3 saturated heterocycles. The van der Waals surface area contributed by atoms with Gasteiger partial charge in [0, 0.05) is 55.9 Å². The average Bonchev–Trinajstić information content (AvgIpc) is 3.28. The summed E-state index contributed by atoms with van der Waals surface area (Å²) >= 11 is -1.26. The molecule has 3 aliphatic heterocycles. The second-order valence-corrected chi connectivity index (χ2v) is 17.9. The van der Waals surface area contributed by atoms with Crippen LogP contribution in [0.3, 0.4) is 0 Å². The first-order valence-corrected chi connectivity index (χ1v) is 20.3. The maximum atomic E-state index is 15.2. The van der Waals surface area contributed by atoms with Crippen molar-refractivity contribution in [2.75, 3.05) is 70.6 Å². The number of rotatable bonds is 7. The van der Waals surface area contributed by atoms with Crippen LogP contribution in [0.15, 0.2) is 57.3 Å². The number of likely N-dealkylation sites (tertiary alicyclic amines) is 1. The van der Waals surface area contributed by atoms with E-state index in [1.807, 2.05) is 20.8 Å². The van der Waals surface area contributed by atoms with Crippen molar-refractivity contribution >= 4 is 37.6 Å². The lowest BCUT2D eigenvalue weighted by molar-refractivity contribution is 0.0769. The summed E-state index contributed by atoms with van der Waals surface area (Å²) in [4.78, 5) is 14.9. The van der Waals surface area contributed by atoms with Gasteiger partial charge in [-0.05, 0) is 128 Å². The van der Waals surface area contributed by atoms with Gasteiger partial charge in [0.1, 0.15) is 16.8 Å². The lowest BCUT2D eigenvalue weighted by Gasteiger charge is -2.44. The maximum absolute atomic E-state index is 15.2. The van der Waals surface area contributed by atoms with Gasteiger partial charge < -0.3 is 24.0 Å². The molecule has 262 valence electrons. The molecule has 1 aromatic heterocycles. The van der Waals surface area contributed by atoms with E-state index < -0.39 is 32.4 Å². The number of ether oxygens (including phenoxy) is 1. The van der Waals surface area contributed by atoms with E-state index in [4.69, 9.17) is 4.74 Å². The highest BCUT2D eigenvalue weighted by Crippen LogP contribution is 2.39. The van der Waals surface area contributed by atoms with Crippen LogP contribution >= 0.6 is 0 Å². The van der Waals surface area contributed by atoms with Crippen molar-refractivity contribution in [3.8, 4) is 5.75 Å². The van der Waals surface area contributed by atoms with Gasteiger partial charge in [-0.25, -0.2) is 12.8 Å². The van der Waals surface area contributed by atoms with E-state index in [-0.39, 0.29) is 15.5 Å². The second kappa shape index (κ2) is 14.4. The van der Waals surface area contributed by atoms with Crippen LogP contribution in [-0.4, -0.2) is 116 Å². The molecule has 3 aliphatic rings. The lowest BCUT2D eigenvalue weighted by atomic mass is 9.96. The first kappa shape index (κ1) is 35.3. The van der Waals surface area contributed by atoms with Gasteiger partial charge in [0.15, 0.2) is 16.5 Å². The Morgan fingerprint density at radius 2 is 1.56 bits per heavy atom. The van der Waals surface area contributed by atoms with E-state index >= 15 is 4.39 Å². The fourth-order valence-corrected chi connectivity index (χ4v) is 9.52. The number of pyridine rings is 1. The smallest absolute Gasteiger partial charge is 0.210 e. The molecule has 0 amide bonds. The number of aromatic nitrogens is 1. The van der Waals surface area contributed by atoms with E-state index in [1.165, 1.54) is 50.7 Å². The Bertz CT molecular complexity index is 1700. The molecule has 0 saturated carbocycles. The van der Waals surface area contributed by atoms with Gasteiger partial charge in [0.2, 0.25) is 9.84 Å². The third-order valence-corrected chi connectivity index (χ3v) is 12.8. The quantitative estimate of drug-likeness (QED) is 0.309. The molecule has 1 atom stereocenters. The summed E-state index contributed by atoms with van der Waals surface area (Å²) in [6.07, 6.45) is 8.44. The molecule has 3 aromatic rings. The van der Waals surface area contributed by atoms with Crippen LogP contribution in [0.4, 0.5) is 10.1 Å². The number of fused-ring (bicyclic) bond motifs is 1. The molecule has 1 unspecified atom stereocenters. The van der Waals surface area contributed by atoms with E-state index in [1.54, 1.807) is 24.5 Å². The molecule has 3 fully saturated rings. The summed E-state index contributed by atoms with van der Waals surface area (Å²) in [5.74, 6) is -0.740. The minimum Gasteiger partial charge on any atom is -0.612 e.